The van der Waals surface area contributed by atoms with Gasteiger partial charge >= 0.3 is 0 Å². The predicted molar refractivity (Wildman–Crippen MR) is 101 cm³/mol. The fraction of sp³-hybridized carbons (Fsp3) is 0.684. The lowest BCUT2D eigenvalue weighted by atomic mass is 10.1. The minimum atomic E-state index is -1.55. The summed E-state index contributed by atoms with van der Waals surface area (Å²) in [6.45, 7) is 12.5. The van der Waals surface area contributed by atoms with Crippen LogP contribution in [0, 0.1) is 0 Å². The van der Waals surface area contributed by atoms with Gasteiger partial charge in [-0.1, -0.05) is 57.9 Å². The molecule has 1 nitrogen and oxygen atoms in total. The Bertz CT molecular complexity index is 420. The molecule has 0 radical (unpaired) electrons. The largest absolute Gasteiger partial charge is 0.417 e. The van der Waals surface area contributed by atoms with Crippen LogP contribution >= 0.6 is 11.6 Å². The molecule has 0 heterocycles. The monoisotopic (exact) mass is 340 g/mol. The Labute approximate surface area is 143 Å². The summed E-state index contributed by atoms with van der Waals surface area (Å²) in [5.41, 5.74) is 2.62. The van der Waals surface area contributed by atoms with E-state index in [4.69, 9.17) is 16.0 Å². The standard InChI is InChI=1S/C19H33ClOSi/c1-19(2,3)22(4,5)21-15-9-7-6-8-10-17-11-13-18(16-20)14-12-17/h11-14H,6-10,15-16H2,1-5H3. The van der Waals surface area contributed by atoms with Crippen molar-refractivity contribution < 1.29 is 4.43 Å². The number of benzene rings is 1. The van der Waals surface area contributed by atoms with Crippen molar-refractivity contribution >= 4 is 19.9 Å². The lowest BCUT2D eigenvalue weighted by Gasteiger charge is -2.36. The normalized spacial score (nSPS) is 12.6. The molecule has 0 unspecified atom stereocenters. The minimum absolute atomic E-state index is 0.322. The van der Waals surface area contributed by atoms with E-state index in [0.29, 0.717) is 10.9 Å². The van der Waals surface area contributed by atoms with Crippen molar-refractivity contribution in [3.8, 4) is 0 Å². The molecule has 0 spiro atoms. The van der Waals surface area contributed by atoms with Gasteiger partial charge in [0.15, 0.2) is 8.32 Å². The van der Waals surface area contributed by atoms with E-state index in [1.54, 1.807) is 0 Å². The van der Waals surface area contributed by atoms with Gasteiger partial charge in [0.2, 0.25) is 0 Å². The van der Waals surface area contributed by atoms with Crippen LogP contribution in [-0.2, 0) is 16.7 Å². The van der Waals surface area contributed by atoms with Gasteiger partial charge in [-0.2, -0.15) is 0 Å². The maximum Gasteiger partial charge on any atom is 0.191 e. The van der Waals surface area contributed by atoms with E-state index in [0.717, 1.165) is 6.61 Å². The SMILES string of the molecule is CC(C)(C)[Si](C)(C)OCCCCCCc1ccc(CCl)cc1. The minimum Gasteiger partial charge on any atom is -0.417 e. The van der Waals surface area contributed by atoms with Crippen LogP contribution in [0.2, 0.25) is 18.1 Å². The molecule has 0 bridgehead atoms. The first-order valence-electron chi connectivity index (χ1n) is 8.54. The predicted octanol–water partition coefficient (Wildman–Crippen LogP) is 6.55. The summed E-state index contributed by atoms with van der Waals surface area (Å²) < 4.78 is 6.21. The smallest absolute Gasteiger partial charge is 0.191 e. The molecular weight excluding hydrogens is 308 g/mol. The van der Waals surface area contributed by atoms with Crippen molar-refractivity contribution in [2.75, 3.05) is 6.61 Å². The summed E-state index contributed by atoms with van der Waals surface area (Å²) in [6, 6.07) is 8.68. The van der Waals surface area contributed by atoms with Crippen molar-refractivity contribution in [2.24, 2.45) is 0 Å². The van der Waals surface area contributed by atoms with Gasteiger partial charge in [0.05, 0.1) is 0 Å². The molecule has 1 aromatic carbocycles. The van der Waals surface area contributed by atoms with Crippen molar-refractivity contribution in [1.29, 1.82) is 0 Å². The summed E-state index contributed by atoms with van der Waals surface area (Å²) >= 11 is 5.81. The van der Waals surface area contributed by atoms with E-state index < -0.39 is 8.32 Å². The van der Waals surface area contributed by atoms with Crippen molar-refractivity contribution in [1.82, 2.24) is 0 Å². The Balaban J connectivity index is 2.11. The van der Waals surface area contributed by atoms with E-state index >= 15 is 0 Å². The number of unbranched alkanes of at least 4 members (excludes halogenated alkanes) is 3. The molecule has 0 aliphatic carbocycles. The molecule has 3 heteroatoms. The highest BCUT2D eigenvalue weighted by molar-refractivity contribution is 6.74. The van der Waals surface area contributed by atoms with Gasteiger partial charge in [-0.25, -0.2) is 0 Å². The molecular formula is C19H33ClOSi. The number of aryl methyl sites for hydroxylation is 1. The van der Waals surface area contributed by atoms with Crippen LogP contribution in [-0.4, -0.2) is 14.9 Å². The molecule has 0 saturated heterocycles. The molecule has 1 aromatic rings. The van der Waals surface area contributed by atoms with Crippen LogP contribution in [0.1, 0.15) is 57.6 Å². The third-order valence-corrected chi connectivity index (χ3v) is 9.65. The molecule has 0 N–H and O–H groups in total. The number of hydrogen-bond donors (Lipinski definition) is 0. The van der Waals surface area contributed by atoms with E-state index in [1.165, 1.54) is 43.2 Å². The first kappa shape index (κ1) is 19.7. The summed E-state index contributed by atoms with van der Waals surface area (Å²) in [7, 11) is -1.55. The van der Waals surface area contributed by atoms with Gasteiger partial charge in [0, 0.05) is 12.5 Å². The molecule has 0 aliphatic rings. The van der Waals surface area contributed by atoms with Crippen LogP contribution in [0.5, 0.6) is 0 Å². The maximum atomic E-state index is 6.21. The van der Waals surface area contributed by atoms with Crippen LogP contribution in [0.4, 0.5) is 0 Å². The first-order valence-corrected chi connectivity index (χ1v) is 12.0. The second-order valence-corrected chi connectivity index (χ2v) is 12.8. The van der Waals surface area contributed by atoms with Crippen LogP contribution in [0.25, 0.3) is 0 Å². The van der Waals surface area contributed by atoms with Crippen LogP contribution < -0.4 is 0 Å². The quantitative estimate of drug-likeness (QED) is 0.281. The lowest BCUT2D eigenvalue weighted by molar-refractivity contribution is 0.277. The first-order chi connectivity index (χ1) is 10.3. The van der Waals surface area contributed by atoms with Gasteiger partial charge < -0.3 is 4.43 Å². The second-order valence-electron chi connectivity index (χ2n) is 7.72. The maximum absolute atomic E-state index is 6.21. The van der Waals surface area contributed by atoms with Gasteiger partial charge in [-0.15, -0.1) is 11.6 Å². The Hall–Kier alpha value is -0.313. The van der Waals surface area contributed by atoms with Crippen LogP contribution in [0.15, 0.2) is 24.3 Å². The zero-order valence-corrected chi connectivity index (χ0v) is 16.8. The van der Waals surface area contributed by atoms with E-state index in [1.807, 2.05) is 0 Å². The summed E-state index contributed by atoms with van der Waals surface area (Å²) in [5, 5.41) is 0.322. The number of halogens is 1. The van der Waals surface area contributed by atoms with E-state index in [-0.39, 0.29) is 0 Å². The highest BCUT2D eigenvalue weighted by Crippen LogP contribution is 2.36. The Morgan fingerprint density at radius 1 is 0.909 bits per heavy atom. The summed E-state index contributed by atoms with van der Waals surface area (Å²) in [4.78, 5) is 0. The highest BCUT2D eigenvalue weighted by Gasteiger charge is 2.36. The van der Waals surface area contributed by atoms with E-state index in [9.17, 15) is 0 Å². The summed E-state index contributed by atoms with van der Waals surface area (Å²) in [6.07, 6.45) is 6.19. The molecule has 1 rings (SSSR count). The molecule has 0 saturated carbocycles. The molecule has 0 amide bonds. The molecule has 0 aliphatic heterocycles. The van der Waals surface area contributed by atoms with Gasteiger partial charge in [-0.05, 0) is 48.5 Å². The highest BCUT2D eigenvalue weighted by atomic mass is 35.5. The molecule has 0 aromatic heterocycles. The molecule has 22 heavy (non-hydrogen) atoms. The van der Waals surface area contributed by atoms with Crippen LogP contribution in [0.3, 0.4) is 0 Å². The number of hydrogen-bond acceptors (Lipinski definition) is 1. The Morgan fingerprint density at radius 2 is 1.45 bits per heavy atom. The lowest BCUT2D eigenvalue weighted by Crippen LogP contribution is -2.40. The number of alkyl halides is 1. The molecule has 0 fully saturated rings. The Kier molecular flexibility index (Phi) is 8.16. The van der Waals surface area contributed by atoms with Crippen molar-refractivity contribution in [3.63, 3.8) is 0 Å². The van der Waals surface area contributed by atoms with Gasteiger partial charge in [-0.3, -0.25) is 0 Å². The fourth-order valence-electron chi connectivity index (χ4n) is 2.12. The third kappa shape index (κ3) is 6.85. The Morgan fingerprint density at radius 3 is 2.00 bits per heavy atom. The topological polar surface area (TPSA) is 9.23 Å². The molecule has 0 atom stereocenters. The fourth-order valence-corrected chi connectivity index (χ4v) is 3.39. The second kappa shape index (κ2) is 9.10. The van der Waals surface area contributed by atoms with Gasteiger partial charge in [0.25, 0.3) is 0 Å². The number of rotatable bonds is 9. The van der Waals surface area contributed by atoms with Crippen molar-refractivity contribution in [2.45, 2.75) is 76.9 Å². The van der Waals surface area contributed by atoms with Gasteiger partial charge in [0.1, 0.15) is 0 Å². The van der Waals surface area contributed by atoms with Crippen molar-refractivity contribution in [3.05, 3.63) is 35.4 Å². The third-order valence-electron chi connectivity index (χ3n) is 4.81. The summed E-state index contributed by atoms with van der Waals surface area (Å²) in [5.74, 6) is 0.606. The average Bonchev–Trinajstić information content (AvgIpc) is 2.45. The average molecular weight is 341 g/mol. The zero-order chi connectivity index (χ0) is 16.6. The molecule has 126 valence electrons. The van der Waals surface area contributed by atoms with E-state index in [2.05, 4.69) is 58.1 Å². The zero-order valence-electron chi connectivity index (χ0n) is 15.0.